The Kier molecular flexibility index (Phi) is 6.25. The maximum Gasteiger partial charge on any atom is 0.310 e. The van der Waals surface area contributed by atoms with Gasteiger partial charge in [-0.2, -0.15) is 0 Å². The third kappa shape index (κ3) is 5.02. The molecule has 0 atom stereocenters. The lowest BCUT2D eigenvalue weighted by Gasteiger charge is -2.31. The average molecular weight is 324 g/mol. The van der Waals surface area contributed by atoms with Crippen molar-refractivity contribution in [2.75, 3.05) is 13.7 Å². The number of benzene rings is 1. The number of amides is 1. The molecule has 0 heterocycles. The van der Waals surface area contributed by atoms with Gasteiger partial charge in [0.25, 0.3) is 5.91 Å². The first kappa shape index (κ1) is 16.8. The summed E-state index contributed by atoms with van der Waals surface area (Å²) in [7, 11) is 1.80. The van der Waals surface area contributed by atoms with Gasteiger partial charge in [0.05, 0.1) is 6.42 Å². The van der Waals surface area contributed by atoms with Gasteiger partial charge >= 0.3 is 5.97 Å². The number of ether oxygens (including phenoxy) is 1. The third-order valence-corrected chi connectivity index (χ3v) is 4.39. The number of likely N-dealkylation sites (N-methyl/N-ethyl adjacent to an activating group) is 1. The summed E-state index contributed by atoms with van der Waals surface area (Å²) in [5, 5.41) is 0.626. The van der Waals surface area contributed by atoms with Crippen LogP contribution in [0.1, 0.15) is 37.7 Å². The van der Waals surface area contributed by atoms with E-state index in [1.165, 1.54) is 19.3 Å². The zero-order valence-electron chi connectivity index (χ0n) is 12.9. The Labute approximate surface area is 136 Å². The van der Waals surface area contributed by atoms with Crippen LogP contribution in [0, 0.1) is 0 Å². The SMILES string of the molecule is CN(C(=O)COC(=O)Cc1ccc(Cl)cc1)C1CCCCC1. The molecule has 1 saturated carbocycles. The molecule has 1 aliphatic carbocycles. The van der Waals surface area contributed by atoms with Gasteiger partial charge in [0.1, 0.15) is 0 Å². The van der Waals surface area contributed by atoms with Gasteiger partial charge in [-0.05, 0) is 30.5 Å². The van der Waals surface area contributed by atoms with Crippen LogP contribution >= 0.6 is 11.6 Å². The molecular weight excluding hydrogens is 302 g/mol. The van der Waals surface area contributed by atoms with Crippen LogP contribution in [0.2, 0.25) is 5.02 Å². The normalized spacial score (nSPS) is 15.4. The Bertz CT molecular complexity index is 509. The zero-order valence-corrected chi connectivity index (χ0v) is 13.6. The zero-order chi connectivity index (χ0) is 15.9. The molecule has 1 fully saturated rings. The summed E-state index contributed by atoms with van der Waals surface area (Å²) in [5.74, 6) is -0.524. The van der Waals surface area contributed by atoms with Crippen LogP contribution in [0.15, 0.2) is 24.3 Å². The molecule has 0 unspecified atom stereocenters. The summed E-state index contributed by atoms with van der Waals surface area (Å²) in [6.45, 7) is -0.181. The second-order valence-electron chi connectivity index (χ2n) is 5.76. The van der Waals surface area contributed by atoms with E-state index >= 15 is 0 Å². The molecule has 0 saturated heterocycles. The number of hydrogen-bond acceptors (Lipinski definition) is 3. The largest absolute Gasteiger partial charge is 0.455 e. The highest BCUT2D eigenvalue weighted by Crippen LogP contribution is 2.21. The number of hydrogen-bond donors (Lipinski definition) is 0. The standard InChI is InChI=1S/C17H22ClNO3/c1-19(15-5-3-2-4-6-15)16(20)12-22-17(21)11-13-7-9-14(18)10-8-13/h7-10,15H,2-6,11-12H2,1H3. The Morgan fingerprint density at radius 1 is 1.18 bits per heavy atom. The Morgan fingerprint density at radius 2 is 1.82 bits per heavy atom. The molecule has 1 amide bonds. The number of carbonyl (C=O) groups is 2. The van der Waals surface area contributed by atoms with Crippen molar-refractivity contribution in [2.24, 2.45) is 0 Å². The van der Waals surface area contributed by atoms with Crippen molar-refractivity contribution in [3.05, 3.63) is 34.9 Å². The van der Waals surface area contributed by atoms with E-state index in [0.29, 0.717) is 5.02 Å². The van der Waals surface area contributed by atoms with Crippen LogP contribution in [-0.4, -0.2) is 36.5 Å². The number of esters is 1. The average Bonchev–Trinajstić information content (AvgIpc) is 2.55. The van der Waals surface area contributed by atoms with Crippen LogP contribution in [0.25, 0.3) is 0 Å². The highest BCUT2D eigenvalue weighted by atomic mass is 35.5. The van der Waals surface area contributed by atoms with Crippen LogP contribution in [-0.2, 0) is 20.7 Å². The minimum atomic E-state index is -0.396. The summed E-state index contributed by atoms with van der Waals surface area (Å²) in [4.78, 5) is 25.6. The topological polar surface area (TPSA) is 46.6 Å². The molecule has 0 bridgehead atoms. The molecule has 22 heavy (non-hydrogen) atoms. The van der Waals surface area contributed by atoms with Gasteiger partial charge in [-0.3, -0.25) is 9.59 Å². The van der Waals surface area contributed by atoms with Gasteiger partial charge in [0.2, 0.25) is 0 Å². The Hall–Kier alpha value is -1.55. The molecule has 0 aliphatic heterocycles. The van der Waals surface area contributed by atoms with Crippen molar-refractivity contribution < 1.29 is 14.3 Å². The maximum absolute atomic E-state index is 12.1. The molecule has 0 N–H and O–H groups in total. The molecule has 0 spiro atoms. The molecule has 2 rings (SSSR count). The quantitative estimate of drug-likeness (QED) is 0.782. The van der Waals surface area contributed by atoms with Crippen LogP contribution in [0.5, 0.6) is 0 Å². The van der Waals surface area contributed by atoms with Gasteiger partial charge < -0.3 is 9.64 Å². The van der Waals surface area contributed by atoms with Gasteiger partial charge in [0, 0.05) is 18.1 Å². The van der Waals surface area contributed by atoms with Crippen molar-refractivity contribution >= 4 is 23.5 Å². The van der Waals surface area contributed by atoms with Crippen molar-refractivity contribution in [1.82, 2.24) is 4.90 Å². The molecule has 1 aliphatic rings. The maximum atomic E-state index is 12.1. The number of carbonyl (C=O) groups excluding carboxylic acids is 2. The molecule has 4 nitrogen and oxygen atoms in total. The monoisotopic (exact) mass is 323 g/mol. The fourth-order valence-corrected chi connectivity index (χ4v) is 2.86. The lowest BCUT2D eigenvalue weighted by Crippen LogP contribution is -2.40. The van der Waals surface area contributed by atoms with E-state index in [9.17, 15) is 9.59 Å². The summed E-state index contributed by atoms with van der Waals surface area (Å²) in [6, 6.07) is 7.30. The minimum absolute atomic E-state index is 0.128. The van der Waals surface area contributed by atoms with Crippen LogP contribution in [0.3, 0.4) is 0 Å². The van der Waals surface area contributed by atoms with Gasteiger partial charge in [0.15, 0.2) is 6.61 Å². The fraction of sp³-hybridized carbons (Fsp3) is 0.529. The van der Waals surface area contributed by atoms with Crippen molar-refractivity contribution in [2.45, 2.75) is 44.6 Å². The summed E-state index contributed by atoms with van der Waals surface area (Å²) in [6.07, 6.45) is 5.81. The molecule has 0 aromatic heterocycles. The first-order chi connectivity index (χ1) is 10.6. The van der Waals surface area contributed by atoms with E-state index < -0.39 is 5.97 Å². The molecule has 1 aromatic carbocycles. The Balaban J connectivity index is 1.75. The van der Waals surface area contributed by atoms with Crippen molar-refractivity contribution in [3.63, 3.8) is 0 Å². The van der Waals surface area contributed by atoms with E-state index in [4.69, 9.17) is 16.3 Å². The minimum Gasteiger partial charge on any atom is -0.455 e. The molecular formula is C17H22ClNO3. The third-order valence-electron chi connectivity index (χ3n) is 4.13. The lowest BCUT2D eigenvalue weighted by molar-refractivity contribution is -0.152. The van der Waals surface area contributed by atoms with E-state index in [1.807, 2.05) is 0 Å². The van der Waals surface area contributed by atoms with Crippen LogP contribution in [0.4, 0.5) is 0 Å². The second kappa shape index (κ2) is 8.18. The van der Waals surface area contributed by atoms with Crippen molar-refractivity contribution in [1.29, 1.82) is 0 Å². The first-order valence-electron chi connectivity index (χ1n) is 7.72. The van der Waals surface area contributed by atoms with Gasteiger partial charge in [-0.15, -0.1) is 0 Å². The lowest BCUT2D eigenvalue weighted by atomic mass is 9.94. The smallest absolute Gasteiger partial charge is 0.310 e. The predicted molar refractivity (Wildman–Crippen MR) is 85.8 cm³/mol. The van der Waals surface area contributed by atoms with E-state index in [0.717, 1.165) is 18.4 Å². The second-order valence-corrected chi connectivity index (χ2v) is 6.20. The van der Waals surface area contributed by atoms with E-state index in [2.05, 4.69) is 0 Å². The highest BCUT2D eigenvalue weighted by Gasteiger charge is 2.22. The Morgan fingerprint density at radius 3 is 2.45 bits per heavy atom. The number of rotatable bonds is 5. The fourth-order valence-electron chi connectivity index (χ4n) is 2.74. The number of nitrogens with zero attached hydrogens (tertiary/aromatic N) is 1. The molecule has 120 valence electrons. The van der Waals surface area contributed by atoms with Crippen LogP contribution < -0.4 is 0 Å². The van der Waals surface area contributed by atoms with E-state index in [1.54, 1.807) is 36.2 Å². The van der Waals surface area contributed by atoms with E-state index in [-0.39, 0.29) is 25.0 Å². The number of halogens is 1. The summed E-state index contributed by atoms with van der Waals surface area (Å²) >= 11 is 5.79. The van der Waals surface area contributed by atoms with Crippen molar-refractivity contribution in [3.8, 4) is 0 Å². The highest BCUT2D eigenvalue weighted by molar-refractivity contribution is 6.30. The molecule has 0 radical (unpaired) electrons. The predicted octanol–water partition coefficient (Wildman–Crippen LogP) is 3.22. The summed E-state index contributed by atoms with van der Waals surface area (Å²) < 4.78 is 5.09. The van der Waals surface area contributed by atoms with Gasteiger partial charge in [-0.1, -0.05) is 43.0 Å². The molecule has 5 heteroatoms. The first-order valence-corrected chi connectivity index (χ1v) is 8.10. The molecule has 1 aromatic rings. The van der Waals surface area contributed by atoms with Gasteiger partial charge in [-0.25, -0.2) is 0 Å². The summed E-state index contributed by atoms with van der Waals surface area (Å²) in [5.41, 5.74) is 0.822.